The molecule has 0 N–H and O–H groups in total. The summed E-state index contributed by atoms with van der Waals surface area (Å²) in [4.78, 5) is 11.1. The molecular weight excluding hydrogens is 180 g/mol. The van der Waals surface area contributed by atoms with Crippen molar-refractivity contribution in [3.8, 4) is 0 Å². The number of carbonyl (C=O) groups is 1. The molecule has 0 amide bonds. The molecule has 1 aliphatic rings. The second kappa shape index (κ2) is 6.82. The zero-order valence-electron chi connectivity index (χ0n) is 8.96. The molecule has 3 nitrogen and oxygen atoms in total. The van der Waals surface area contributed by atoms with Crippen molar-refractivity contribution in [2.75, 3.05) is 13.2 Å². The number of ether oxygens (including phenoxy) is 2. The molecule has 3 heteroatoms. The van der Waals surface area contributed by atoms with Crippen LogP contribution in [0.2, 0.25) is 0 Å². The molecule has 1 heterocycles. The van der Waals surface area contributed by atoms with Gasteiger partial charge in [-0.25, -0.2) is 0 Å². The van der Waals surface area contributed by atoms with Gasteiger partial charge >= 0.3 is 5.97 Å². The molecule has 1 aliphatic heterocycles. The standard InChI is InChI=1S/C11H20O3/c1-2-3-4-5-6-7-11(12)14-9-10-8-13-10/h10H,2-9H2,1H3. The van der Waals surface area contributed by atoms with Crippen LogP contribution >= 0.6 is 0 Å². The Balaban J connectivity index is 1.81. The van der Waals surface area contributed by atoms with E-state index in [2.05, 4.69) is 6.92 Å². The molecule has 0 aliphatic carbocycles. The van der Waals surface area contributed by atoms with E-state index in [-0.39, 0.29) is 12.1 Å². The fraction of sp³-hybridized carbons (Fsp3) is 0.909. The SMILES string of the molecule is CCCCCCCC(=O)OCC1CO1. The number of rotatable bonds is 8. The third-order valence-electron chi connectivity index (χ3n) is 2.32. The quantitative estimate of drug-likeness (QED) is 0.343. The van der Waals surface area contributed by atoms with Gasteiger partial charge in [0.05, 0.1) is 6.61 Å². The van der Waals surface area contributed by atoms with Crippen molar-refractivity contribution in [2.24, 2.45) is 0 Å². The van der Waals surface area contributed by atoms with Crippen molar-refractivity contribution in [1.29, 1.82) is 0 Å². The smallest absolute Gasteiger partial charge is 0.305 e. The van der Waals surface area contributed by atoms with Crippen LogP contribution in [0.5, 0.6) is 0 Å². The van der Waals surface area contributed by atoms with Gasteiger partial charge in [0, 0.05) is 6.42 Å². The maximum absolute atomic E-state index is 11.1. The molecule has 82 valence electrons. The predicted octanol–water partition coefficient (Wildman–Crippen LogP) is 2.29. The Kier molecular flexibility index (Phi) is 5.60. The fourth-order valence-corrected chi connectivity index (χ4v) is 1.30. The van der Waals surface area contributed by atoms with E-state index in [0.717, 1.165) is 19.4 Å². The van der Waals surface area contributed by atoms with Gasteiger partial charge in [-0.15, -0.1) is 0 Å². The highest BCUT2D eigenvalue weighted by Crippen LogP contribution is 2.10. The van der Waals surface area contributed by atoms with E-state index < -0.39 is 0 Å². The van der Waals surface area contributed by atoms with Crippen molar-refractivity contribution in [2.45, 2.75) is 51.6 Å². The highest BCUT2D eigenvalue weighted by atomic mass is 16.6. The second-order valence-corrected chi connectivity index (χ2v) is 3.80. The third-order valence-corrected chi connectivity index (χ3v) is 2.32. The molecule has 1 saturated heterocycles. The van der Waals surface area contributed by atoms with Crippen molar-refractivity contribution in [3.63, 3.8) is 0 Å². The van der Waals surface area contributed by atoms with Crippen LogP contribution in [0.3, 0.4) is 0 Å². The molecule has 1 atom stereocenters. The van der Waals surface area contributed by atoms with Crippen LogP contribution < -0.4 is 0 Å². The van der Waals surface area contributed by atoms with Crippen molar-refractivity contribution < 1.29 is 14.3 Å². The zero-order chi connectivity index (χ0) is 10.2. The van der Waals surface area contributed by atoms with Gasteiger partial charge in [-0.1, -0.05) is 32.6 Å². The number of unbranched alkanes of at least 4 members (excludes halogenated alkanes) is 4. The van der Waals surface area contributed by atoms with Gasteiger partial charge in [0.15, 0.2) is 0 Å². The highest BCUT2D eigenvalue weighted by Gasteiger charge is 2.23. The molecule has 0 bridgehead atoms. The van der Waals surface area contributed by atoms with Crippen LogP contribution in [-0.2, 0) is 14.3 Å². The summed E-state index contributed by atoms with van der Waals surface area (Å²) < 4.78 is 9.95. The Hall–Kier alpha value is -0.570. The van der Waals surface area contributed by atoms with Crippen LogP contribution in [0.25, 0.3) is 0 Å². The Bertz CT molecular complexity index is 164. The Morgan fingerprint density at radius 2 is 2.07 bits per heavy atom. The first kappa shape index (κ1) is 11.5. The minimum atomic E-state index is -0.0722. The molecule has 0 aromatic heterocycles. The van der Waals surface area contributed by atoms with Gasteiger partial charge in [0.1, 0.15) is 12.7 Å². The van der Waals surface area contributed by atoms with E-state index in [1.165, 1.54) is 19.3 Å². The summed E-state index contributed by atoms with van der Waals surface area (Å²) in [7, 11) is 0. The first-order chi connectivity index (χ1) is 6.83. The van der Waals surface area contributed by atoms with Crippen LogP contribution in [0.1, 0.15) is 45.4 Å². The van der Waals surface area contributed by atoms with Crippen LogP contribution in [0.15, 0.2) is 0 Å². The molecule has 0 spiro atoms. The lowest BCUT2D eigenvalue weighted by atomic mass is 10.1. The summed E-state index contributed by atoms with van der Waals surface area (Å²) in [6, 6.07) is 0. The molecular formula is C11H20O3. The summed E-state index contributed by atoms with van der Waals surface area (Å²) in [5.41, 5.74) is 0. The first-order valence-corrected chi connectivity index (χ1v) is 5.60. The number of hydrogen-bond acceptors (Lipinski definition) is 3. The summed E-state index contributed by atoms with van der Waals surface area (Å²) in [5.74, 6) is -0.0722. The number of epoxide rings is 1. The van der Waals surface area contributed by atoms with Crippen LogP contribution in [0.4, 0.5) is 0 Å². The van der Waals surface area contributed by atoms with Gasteiger partial charge in [-0.2, -0.15) is 0 Å². The van der Waals surface area contributed by atoms with Gasteiger partial charge in [-0.3, -0.25) is 4.79 Å². The lowest BCUT2D eigenvalue weighted by Crippen LogP contribution is -2.09. The Morgan fingerprint density at radius 3 is 2.71 bits per heavy atom. The summed E-state index contributed by atoms with van der Waals surface area (Å²) in [6.45, 7) is 3.39. The van der Waals surface area contributed by atoms with Crippen molar-refractivity contribution >= 4 is 5.97 Å². The highest BCUT2D eigenvalue weighted by molar-refractivity contribution is 5.69. The van der Waals surface area contributed by atoms with E-state index in [9.17, 15) is 4.79 Å². The summed E-state index contributed by atoms with van der Waals surface area (Å²) in [6.07, 6.45) is 6.60. The van der Waals surface area contributed by atoms with Crippen molar-refractivity contribution in [1.82, 2.24) is 0 Å². The average Bonchev–Trinajstić information content (AvgIpc) is 2.98. The van der Waals surface area contributed by atoms with Crippen LogP contribution in [-0.4, -0.2) is 25.3 Å². The maximum Gasteiger partial charge on any atom is 0.305 e. The van der Waals surface area contributed by atoms with E-state index in [1.54, 1.807) is 0 Å². The molecule has 0 aromatic carbocycles. The van der Waals surface area contributed by atoms with Gasteiger partial charge < -0.3 is 9.47 Å². The van der Waals surface area contributed by atoms with E-state index in [1.807, 2.05) is 0 Å². The van der Waals surface area contributed by atoms with Gasteiger partial charge in [-0.05, 0) is 6.42 Å². The monoisotopic (exact) mass is 200 g/mol. The van der Waals surface area contributed by atoms with E-state index >= 15 is 0 Å². The minimum Gasteiger partial charge on any atom is -0.463 e. The second-order valence-electron chi connectivity index (χ2n) is 3.80. The minimum absolute atomic E-state index is 0.0722. The molecule has 1 rings (SSSR count). The largest absolute Gasteiger partial charge is 0.463 e. The van der Waals surface area contributed by atoms with Crippen LogP contribution in [0, 0.1) is 0 Å². The Morgan fingerprint density at radius 1 is 1.36 bits per heavy atom. The van der Waals surface area contributed by atoms with Crippen molar-refractivity contribution in [3.05, 3.63) is 0 Å². The fourth-order valence-electron chi connectivity index (χ4n) is 1.30. The molecule has 0 radical (unpaired) electrons. The topological polar surface area (TPSA) is 38.8 Å². The summed E-state index contributed by atoms with van der Waals surface area (Å²) >= 11 is 0. The zero-order valence-corrected chi connectivity index (χ0v) is 8.96. The molecule has 1 fully saturated rings. The molecule has 1 unspecified atom stereocenters. The first-order valence-electron chi connectivity index (χ1n) is 5.60. The normalized spacial score (nSPS) is 19.4. The number of esters is 1. The molecule has 0 aromatic rings. The maximum atomic E-state index is 11.1. The summed E-state index contributed by atoms with van der Waals surface area (Å²) in [5, 5.41) is 0. The average molecular weight is 200 g/mol. The van der Waals surface area contributed by atoms with Gasteiger partial charge in [0.2, 0.25) is 0 Å². The molecule has 14 heavy (non-hydrogen) atoms. The predicted molar refractivity (Wildman–Crippen MR) is 54.1 cm³/mol. The number of hydrogen-bond donors (Lipinski definition) is 0. The Labute approximate surface area is 85.8 Å². The number of carbonyl (C=O) groups excluding carboxylic acids is 1. The van der Waals surface area contributed by atoms with Gasteiger partial charge in [0.25, 0.3) is 0 Å². The lowest BCUT2D eigenvalue weighted by Gasteiger charge is -2.02. The third kappa shape index (κ3) is 5.97. The molecule has 0 saturated carbocycles. The van der Waals surface area contributed by atoms with E-state index in [0.29, 0.717) is 13.0 Å². The lowest BCUT2D eigenvalue weighted by molar-refractivity contribution is -0.144. The van der Waals surface area contributed by atoms with E-state index in [4.69, 9.17) is 9.47 Å².